The van der Waals surface area contributed by atoms with Crippen molar-refractivity contribution in [2.75, 3.05) is 6.61 Å². The Labute approximate surface area is 137 Å². The van der Waals surface area contributed by atoms with Crippen LogP contribution in [0.25, 0.3) is 11.1 Å². The Bertz CT molecular complexity index is 593. The first-order valence-corrected chi connectivity index (χ1v) is 8.42. The zero-order valence-corrected chi connectivity index (χ0v) is 13.7. The van der Waals surface area contributed by atoms with E-state index in [0.29, 0.717) is 12.4 Å². The van der Waals surface area contributed by atoms with Crippen LogP contribution in [0.1, 0.15) is 45.4 Å². The molecule has 0 radical (unpaired) electrons. The summed E-state index contributed by atoms with van der Waals surface area (Å²) in [4.78, 5) is 0. The molecule has 0 fully saturated rings. The van der Waals surface area contributed by atoms with Crippen LogP contribution in [0.4, 0.5) is 4.39 Å². The van der Waals surface area contributed by atoms with Crippen molar-refractivity contribution in [1.29, 1.82) is 0 Å². The van der Waals surface area contributed by atoms with Gasteiger partial charge in [0, 0.05) is 0 Å². The van der Waals surface area contributed by atoms with Gasteiger partial charge in [0.1, 0.15) is 5.75 Å². The summed E-state index contributed by atoms with van der Waals surface area (Å²) in [5.74, 6) is 0.163. The summed E-state index contributed by atoms with van der Waals surface area (Å²) < 4.78 is 19.7. The molecule has 0 aromatic heterocycles. The summed E-state index contributed by atoms with van der Waals surface area (Å²) in [5.41, 5.74) is 1.64. The minimum atomic E-state index is -0.346. The molecule has 2 aromatic rings. The second-order valence-corrected chi connectivity index (χ2v) is 5.81. The van der Waals surface area contributed by atoms with Gasteiger partial charge >= 0.3 is 0 Å². The van der Waals surface area contributed by atoms with Crippen molar-refractivity contribution >= 4 is 0 Å². The van der Waals surface area contributed by atoms with Gasteiger partial charge in [-0.1, -0.05) is 57.2 Å². The Kier molecular flexibility index (Phi) is 6.92. The fourth-order valence-electron chi connectivity index (χ4n) is 2.52. The van der Waals surface area contributed by atoms with E-state index in [0.717, 1.165) is 24.0 Å². The lowest BCUT2D eigenvalue weighted by Gasteiger charge is -2.09. The van der Waals surface area contributed by atoms with E-state index in [1.54, 1.807) is 30.3 Å². The number of unbranched alkanes of at least 4 members (excludes halogenated alkanes) is 5. The first-order valence-electron chi connectivity index (χ1n) is 8.42. The standard InChI is InChI=1S/C20H25FO2/c1-2-3-4-5-6-7-14-23-20-13-10-17(15-19(20)21)16-8-11-18(22)12-9-16/h8-13,15,22H,2-7,14H2,1H3. The fraction of sp³-hybridized carbons (Fsp3) is 0.400. The molecular weight excluding hydrogens is 291 g/mol. The van der Waals surface area contributed by atoms with Crippen molar-refractivity contribution in [2.24, 2.45) is 0 Å². The Morgan fingerprint density at radius 2 is 1.52 bits per heavy atom. The van der Waals surface area contributed by atoms with Gasteiger partial charge in [0.05, 0.1) is 6.61 Å². The first-order chi connectivity index (χ1) is 11.2. The van der Waals surface area contributed by atoms with Crippen LogP contribution in [0, 0.1) is 5.82 Å². The van der Waals surface area contributed by atoms with Crippen LogP contribution in [-0.4, -0.2) is 11.7 Å². The molecule has 2 aromatic carbocycles. The monoisotopic (exact) mass is 316 g/mol. The molecule has 0 aliphatic heterocycles. The van der Waals surface area contributed by atoms with Crippen molar-refractivity contribution in [2.45, 2.75) is 45.4 Å². The van der Waals surface area contributed by atoms with Crippen molar-refractivity contribution in [3.8, 4) is 22.6 Å². The highest BCUT2D eigenvalue weighted by Gasteiger charge is 2.06. The van der Waals surface area contributed by atoms with Gasteiger partial charge in [0.25, 0.3) is 0 Å². The first kappa shape index (κ1) is 17.3. The molecule has 2 rings (SSSR count). The maximum absolute atomic E-state index is 14.1. The van der Waals surface area contributed by atoms with Crippen molar-refractivity contribution in [3.63, 3.8) is 0 Å². The van der Waals surface area contributed by atoms with Gasteiger partial charge in [-0.25, -0.2) is 4.39 Å². The summed E-state index contributed by atoms with van der Waals surface area (Å²) in [6.45, 7) is 2.76. The van der Waals surface area contributed by atoms with Crippen molar-refractivity contribution in [3.05, 3.63) is 48.3 Å². The van der Waals surface area contributed by atoms with Crippen LogP contribution < -0.4 is 4.74 Å². The lowest BCUT2D eigenvalue weighted by Crippen LogP contribution is -1.99. The summed E-state index contributed by atoms with van der Waals surface area (Å²) >= 11 is 0. The Hall–Kier alpha value is -2.03. The topological polar surface area (TPSA) is 29.5 Å². The molecule has 0 spiro atoms. The average Bonchev–Trinajstić information content (AvgIpc) is 2.56. The lowest BCUT2D eigenvalue weighted by molar-refractivity contribution is 0.290. The van der Waals surface area contributed by atoms with E-state index in [1.807, 2.05) is 6.07 Å². The molecule has 0 heterocycles. The molecule has 0 aliphatic carbocycles. The zero-order chi connectivity index (χ0) is 16.5. The van der Waals surface area contributed by atoms with Crippen LogP contribution in [0.5, 0.6) is 11.5 Å². The number of hydrogen-bond acceptors (Lipinski definition) is 2. The Morgan fingerprint density at radius 1 is 0.870 bits per heavy atom. The minimum absolute atomic E-state index is 0.202. The maximum atomic E-state index is 14.1. The summed E-state index contributed by atoms with van der Waals surface area (Å²) in [5, 5.41) is 9.30. The molecule has 3 heteroatoms. The minimum Gasteiger partial charge on any atom is -0.508 e. The third kappa shape index (κ3) is 5.59. The smallest absolute Gasteiger partial charge is 0.165 e. The van der Waals surface area contributed by atoms with Gasteiger partial charge in [0.15, 0.2) is 11.6 Å². The molecule has 23 heavy (non-hydrogen) atoms. The summed E-state index contributed by atoms with van der Waals surface area (Å²) in [6.07, 6.45) is 7.12. The van der Waals surface area contributed by atoms with Gasteiger partial charge < -0.3 is 9.84 Å². The number of hydrogen-bond donors (Lipinski definition) is 1. The molecule has 0 atom stereocenters. The number of rotatable bonds is 9. The SMILES string of the molecule is CCCCCCCCOc1ccc(-c2ccc(O)cc2)cc1F. The van der Waals surface area contributed by atoms with E-state index in [1.165, 1.54) is 31.7 Å². The molecule has 1 N–H and O–H groups in total. The maximum Gasteiger partial charge on any atom is 0.165 e. The molecule has 0 saturated carbocycles. The van der Waals surface area contributed by atoms with Gasteiger partial charge in [-0.05, 0) is 41.8 Å². The van der Waals surface area contributed by atoms with Crippen LogP contribution in [0.3, 0.4) is 0 Å². The largest absolute Gasteiger partial charge is 0.508 e. The highest BCUT2D eigenvalue weighted by atomic mass is 19.1. The van der Waals surface area contributed by atoms with Gasteiger partial charge in [-0.2, -0.15) is 0 Å². The fourth-order valence-corrected chi connectivity index (χ4v) is 2.52. The summed E-state index contributed by atoms with van der Waals surface area (Å²) in [6, 6.07) is 11.7. The number of phenols is 1. The predicted molar refractivity (Wildman–Crippen MR) is 92.4 cm³/mol. The van der Waals surface area contributed by atoms with E-state index in [4.69, 9.17) is 4.74 Å². The highest BCUT2D eigenvalue weighted by molar-refractivity contribution is 5.65. The molecule has 0 bridgehead atoms. The number of halogens is 1. The third-order valence-electron chi connectivity index (χ3n) is 3.89. The molecular formula is C20H25FO2. The molecule has 0 unspecified atom stereocenters. The number of phenolic OH excluding ortho intramolecular Hbond substituents is 1. The molecule has 2 nitrogen and oxygen atoms in total. The van der Waals surface area contributed by atoms with Gasteiger partial charge in [0.2, 0.25) is 0 Å². The Morgan fingerprint density at radius 3 is 2.22 bits per heavy atom. The van der Waals surface area contributed by atoms with E-state index in [-0.39, 0.29) is 11.6 Å². The number of benzene rings is 2. The van der Waals surface area contributed by atoms with E-state index in [2.05, 4.69) is 6.92 Å². The number of ether oxygens (including phenoxy) is 1. The third-order valence-corrected chi connectivity index (χ3v) is 3.89. The molecule has 0 saturated heterocycles. The summed E-state index contributed by atoms with van der Waals surface area (Å²) in [7, 11) is 0. The lowest BCUT2D eigenvalue weighted by atomic mass is 10.1. The van der Waals surface area contributed by atoms with E-state index in [9.17, 15) is 9.50 Å². The molecule has 124 valence electrons. The van der Waals surface area contributed by atoms with Gasteiger partial charge in [-0.15, -0.1) is 0 Å². The van der Waals surface area contributed by atoms with Crippen molar-refractivity contribution in [1.82, 2.24) is 0 Å². The predicted octanol–water partition coefficient (Wildman–Crippen LogP) is 5.94. The van der Waals surface area contributed by atoms with Crippen molar-refractivity contribution < 1.29 is 14.2 Å². The Balaban J connectivity index is 1.83. The van der Waals surface area contributed by atoms with Gasteiger partial charge in [-0.3, -0.25) is 0 Å². The normalized spacial score (nSPS) is 10.7. The second-order valence-electron chi connectivity index (χ2n) is 5.81. The second kappa shape index (κ2) is 9.19. The molecule has 0 amide bonds. The highest BCUT2D eigenvalue weighted by Crippen LogP contribution is 2.27. The quantitative estimate of drug-likeness (QED) is 0.580. The zero-order valence-electron chi connectivity index (χ0n) is 13.7. The van der Waals surface area contributed by atoms with E-state index >= 15 is 0 Å². The van der Waals surface area contributed by atoms with Crippen LogP contribution >= 0.6 is 0 Å². The van der Waals surface area contributed by atoms with Crippen LogP contribution in [0.2, 0.25) is 0 Å². The van der Waals surface area contributed by atoms with E-state index < -0.39 is 0 Å². The number of aromatic hydroxyl groups is 1. The molecule has 0 aliphatic rings. The van der Waals surface area contributed by atoms with Crippen LogP contribution in [-0.2, 0) is 0 Å². The van der Waals surface area contributed by atoms with Crippen LogP contribution in [0.15, 0.2) is 42.5 Å². The average molecular weight is 316 g/mol.